The summed E-state index contributed by atoms with van der Waals surface area (Å²) in [5.74, 6) is -0.761. The van der Waals surface area contributed by atoms with Gasteiger partial charge >= 0.3 is 5.97 Å². The number of carbonyl (C=O) groups is 3. The number of nitrogens with one attached hydrogen (secondary N) is 1. The van der Waals surface area contributed by atoms with Crippen molar-refractivity contribution in [3.05, 3.63) is 108 Å². The highest BCUT2D eigenvalue weighted by atomic mass is 16.5. The number of rotatable bonds is 11. The lowest BCUT2D eigenvalue weighted by molar-refractivity contribution is -0.149. The van der Waals surface area contributed by atoms with E-state index in [9.17, 15) is 14.4 Å². The van der Waals surface area contributed by atoms with Crippen LogP contribution in [0.3, 0.4) is 0 Å². The van der Waals surface area contributed by atoms with E-state index in [0.717, 1.165) is 16.7 Å². The maximum Gasteiger partial charge on any atom is 0.321 e. The predicted octanol–water partition coefficient (Wildman–Crippen LogP) is 4.26. The molecule has 1 aromatic heterocycles. The molecule has 1 N–H and O–H groups in total. The Hall–Kier alpha value is -4.46. The largest absolute Gasteiger partial charge is 0.480 e. The van der Waals surface area contributed by atoms with Crippen LogP contribution in [0.5, 0.6) is 5.88 Å². The lowest BCUT2D eigenvalue weighted by atomic mass is 9.63. The number of hydrogen-bond donors (Lipinski definition) is 1. The van der Waals surface area contributed by atoms with Crippen LogP contribution in [0.1, 0.15) is 52.2 Å². The maximum atomic E-state index is 13.7. The van der Waals surface area contributed by atoms with Crippen LogP contribution in [0.15, 0.2) is 85.6 Å². The monoisotopic (exact) mass is 541 g/mol. The quantitative estimate of drug-likeness (QED) is 0.221. The molecule has 3 aromatic rings. The summed E-state index contributed by atoms with van der Waals surface area (Å²) in [7, 11) is 3.24. The zero-order chi connectivity index (χ0) is 28.5. The molecule has 1 unspecified atom stereocenters. The van der Waals surface area contributed by atoms with E-state index in [-0.39, 0.29) is 36.2 Å². The van der Waals surface area contributed by atoms with Crippen molar-refractivity contribution in [3.63, 3.8) is 0 Å². The molecule has 8 heteroatoms. The zero-order valence-electron chi connectivity index (χ0n) is 23.0. The summed E-state index contributed by atoms with van der Waals surface area (Å²) in [5, 5.41) is 2.87. The molecule has 0 fully saturated rings. The van der Waals surface area contributed by atoms with Gasteiger partial charge in [-0.25, -0.2) is 4.98 Å². The third-order valence-electron chi connectivity index (χ3n) is 7.39. The van der Waals surface area contributed by atoms with Crippen LogP contribution < -0.4 is 10.1 Å². The molecule has 40 heavy (non-hydrogen) atoms. The van der Waals surface area contributed by atoms with Crippen molar-refractivity contribution >= 4 is 17.8 Å². The van der Waals surface area contributed by atoms with Crippen molar-refractivity contribution in [2.75, 3.05) is 33.9 Å². The Balaban J connectivity index is 1.48. The number of pyridine rings is 1. The molecule has 2 aromatic carbocycles. The van der Waals surface area contributed by atoms with Gasteiger partial charge in [-0.15, -0.1) is 0 Å². The standard InChI is InChI=1S/C32H35N3O5/c1-4-22-40-31(38)32(23-12-6-5-7-13-23)18-17-25(24-14-8-9-16-27(24)32)30(37)35(2)21-11-20-33-28(36)26-15-10-19-34-29(26)39-3/h4-10,12-16,19,25H,1,11,17-18,20-22H2,2-3H3,(H,33,36)/t25-,32?/m1/s1. The summed E-state index contributed by atoms with van der Waals surface area (Å²) < 4.78 is 10.8. The number of hydrogen-bond acceptors (Lipinski definition) is 6. The first-order valence-electron chi connectivity index (χ1n) is 13.4. The minimum Gasteiger partial charge on any atom is -0.480 e. The van der Waals surface area contributed by atoms with Crippen LogP contribution in [0.4, 0.5) is 0 Å². The van der Waals surface area contributed by atoms with Crippen molar-refractivity contribution in [1.29, 1.82) is 0 Å². The summed E-state index contributed by atoms with van der Waals surface area (Å²) in [5.41, 5.74) is 1.83. The normalized spacial score (nSPS) is 17.7. The van der Waals surface area contributed by atoms with Gasteiger partial charge in [-0.2, -0.15) is 0 Å². The lowest BCUT2D eigenvalue weighted by Gasteiger charge is -2.41. The first kappa shape index (κ1) is 28.5. The topological polar surface area (TPSA) is 97.8 Å². The van der Waals surface area contributed by atoms with Gasteiger partial charge in [0.15, 0.2) is 0 Å². The average molecular weight is 542 g/mol. The summed E-state index contributed by atoms with van der Waals surface area (Å²) in [6.07, 6.45) is 4.63. The van der Waals surface area contributed by atoms with E-state index in [1.165, 1.54) is 7.11 Å². The van der Waals surface area contributed by atoms with Gasteiger partial charge in [0.25, 0.3) is 5.91 Å². The highest BCUT2D eigenvalue weighted by Gasteiger charge is 2.49. The molecule has 208 valence electrons. The zero-order valence-corrected chi connectivity index (χ0v) is 23.0. The van der Waals surface area contributed by atoms with Crippen LogP contribution in [-0.2, 0) is 19.7 Å². The van der Waals surface area contributed by atoms with Crippen molar-refractivity contribution in [3.8, 4) is 5.88 Å². The third kappa shape index (κ3) is 5.76. The van der Waals surface area contributed by atoms with Crippen molar-refractivity contribution < 1.29 is 23.9 Å². The molecule has 0 saturated heterocycles. The second kappa shape index (κ2) is 13.1. The van der Waals surface area contributed by atoms with E-state index >= 15 is 0 Å². The number of carbonyl (C=O) groups excluding carboxylic acids is 3. The van der Waals surface area contributed by atoms with E-state index in [0.29, 0.717) is 37.9 Å². The fourth-order valence-electron chi connectivity index (χ4n) is 5.42. The first-order valence-corrected chi connectivity index (χ1v) is 13.4. The lowest BCUT2D eigenvalue weighted by Crippen LogP contribution is -2.45. The Bertz CT molecular complexity index is 1360. The number of amides is 2. The average Bonchev–Trinajstić information content (AvgIpc) is 3.01. The van der Waals surface area contributed by atoms with Crippen LogP contribution in [-0.4, -0.2) is 61.5 Å². The first-order chi connectivity index (χ1) is 19.4. The van der Waals surface area contributed by atoms with Gasteiger partial charge in [0.1, 0.15) is 17.6 Å². The Morgan fingerprint density at radius 3 is 2.60 bits per heavy atom. The van der Waals surface area contributed by atoms with Crippen molar-refractivity contribution in [2.24, 2.45) is 0 Å². The van der Waals surface area contributed by atoms with Crippen molar-refractivity contribution in [1.82, 2.24) is 15.2 Å². The van der Waals surface area contributed by atoms with Crippen molar-refractivity contribution in [2.45, 2.75) is 30.6 Å². The molecule has 8 nitrogen and oxygen atoms in total. The van der Waals surface area contributed by atoms with E-state index in [1.54, 1.807) is 36.4 Å². The third-order valence-corrected chi connectivity index (χ3v) is 7.39. The molecule has 2 amide bonds. The highest BCUT2D eigenvalue weighted by molar-refractivity contribution is 5.96. The van der Waals surface area contributed by atoms with Gasteiger partial charge in [-0.3, -0.25) is 14.4 Å². The van der Waals surface area contributed by atoms with Crippen LogP contribution in [0.25, 0.3) is 0 Å². The van der Waals surface area contributed by atoms with Gasteiger partial charge in [-0.05, 0) is 48.1 Å². The molecular weight excluding hydrogens is 506 g/mol. The second-order valence-electron chi connectivity index (χ2n) is 9.77. The molecule has 1 heterocycles. The minimum atomic E-state index is -1.01. The molecule has 2 atom stereocenters. The number of esters is 1. The highest BCUT2D eigenvalue weighted by Crippen LogP contribution is 2.48. The fourth-order valence-corrected chi connectivity index (χ4v) is 5.42. The van der Waals surface area contributed by atoms with Crippen LogP contribution in [0.2, 0.25) is 0 Å². The van der Waals surface area contributed by atoms with Crippen LogP contribution in [0, 0.1) is 0 Å². The second-order valence-corrected chi connectivity index (χ2v) is 9.77. The molecule has 4 rings (SSSR count). The summed E-state index contributed by atoms with van der Waals surface area (Å²) in [6.45, 7) is 4.65. The number of ether oxygens (including phenoxy) is 2. The van der Waals surface area contributed by atoms with Gasteiger partial charge < -0.3 is 19.7 Å². The fraction of sp³-hybridized carbons (Fsp3) is 0.312. The summed E-state index contributed by atoms with van der Waals surface area (Å²) >= 11 is 0. The predicted molar refractivity (Wildman–Crippen MR) is 152 cm³/mol. The number of benzene rings is 2. The molecule has 0 spiro atoms. The molecule has 1 aliphatic rings. The molecule has 0 aliphatic heterocycles. The molecule has 0 radical (unpaired) electrons. The molecular formula is C32H35N3O5. The van der Waals surface area contributed by atoms with Gasteiger partial charge in [0.05, 0.1) is 13.0 Å². The van der Waals surface area contributed by atoms with Crippen LogP contribution >= 0.6 is 0 Å². The molecule has 0 saturated carbocycles. The van der Waals surface area contributed by atoms with Gasteiger partial charge in [0.2, 0.25) is 11.8 Å². The Morgan fingerprint density at radius 1 is 1.10 bits per heavy atom. The SMILES string of the molecule is C=CCOC(=O)C1(c2ccccc2)CC[C@@H](C(=O)N(C)CCCNC(=O)c2cccnc2OC)c2ccccc21. The molecule has 0 bridgehead atoms. The van der Waals surface area contributed by atoms with E-state index in [2.05, 4.69) is 16.9 Å². The number of likely N-dealkylation sites (N-methyl/N-ethyl adjacent to an activating group) is 1. The summed E-state index contributed by atoms with van der Waals surface area (Å²) in [6, 6.07) is 20.6. The number of nitrogens with zero attached hydrogens (tertiary/aromatic N) is 2. The number of methoxy groups -OCH3 is 1. The Labute approximate surface area is 235 Å². The minimum absolute atomic E-state index is 0.0196. The number of fused-ring (bicyclic) bond motifs is 1. The number of aromatic nitrogens is 1. The molecule has 1 aliphatic carbocycles. The Morgan fingerprint density at radius 2 is 1.85 bits per heavy atom. The van der Waals surface area contributed by atoms with Gasteiger partial charge in [0, 0.05) is 26.3 Å². The smallest absolute Gasteiger partial charge is 0.321 e. The Kier molecular flexibility index (Phi) is 9.32. The van der Waals surface area contributed by atoms with E-state index < -0.39 is 5.41 Å². The van der Waals surface area contributed by atoms with E-state index in [4.69, 9.17) is 9.47 Å². The summed E-state index contributed by atoms with van der Waals surface area (Å²) in [4.78, 5) is 45.6. The maximum absolute atomic E-state index is 13.7. The van der Waals surface area contributed by atoms with Gasteiger partial charge in [-0.1, -0.05) is 67.3 Å². The van der Waals surface area contributed by atoms with E-state index in [1.807, 2.05) is 54.6 Å².